The summed E-state index contributed by atoms with van der Waals surface area (Å²) < 4.78 is 4.97. The Kier molecular flexibility index (Phi) is 5.01. The average Bonchev–Trinajstić information content (AvgIpc) is 2.92. The molecule has 1 aliphatic carbocycles. The summed E-state index contributed by atoms with van der Waals surface area (Å²) in [6, 6.07) is 0.964. The van der Waals surface area contributed by atoms with Gasteiger partial charge in [-0.05, 0) is 38.8 Å². The smallest absolute Gasteiger partial charge is 0.248 e. The second-order valence-electron chi connectivity index (χ2n) is 5.60. The molecule has 4 nitrogen and oxygen atoms in total. The van der Waals surface area contributed by atoms with E-state index in [1.807, 2.05) is 11.9 Å². The van der Waals surface area contributed by atoms with Crippen molar-refractivity contribution >= 4 is 5.91 Å². The molecule has 2 fully saturated rings. The van der Waals surface area contributed by atoms with Gasteiger partial charge in [0, 0.05) is 26.2 Å². The molecular formula is C14H26N2O2. The van der Waals surface area contributed by atoms with Crippen molar-refractivity contribution in [3.8, 4) is 0 Å². The molecule has 2 atom stereocenters. The summed E-state index contributed by atoms with van der Waals surface area (Å²) in [5.74, 6) is 0.119. The topological polar surface area (TPSA) is 32.8 Å². The van der Waals surface area contributed by atoms with Gasteiger partial charge in [0.05, 0.1) is 0 Å². The van der Waals surface area contributed by atoms with Crippen LogP contribution in [0.3, 0.4) is 0 Å². The molecule has 1 saturated carbocycles. The Labute approximate surface area is 110 Å². The molecule has 18 heavy (non-hydrogen) atoms. The van der Waals surface area contributed by atoms with Gasteiger partial charge in [-0.15, -0.1) is 0 Å². The average molecular weight is 254 g/mol. The summed E-state index contributed by atoms with van der Waals surface area (Å²) >= 11 is 0. The zero-order chi connectivity index (χ0) is 13.0. The molecule has 1 aliphatic heterocycles. The van der Waals surface area contributed by atoms with Crippen LogP contribution in [0.4, 0.5) is 0 Å². The van der Waals surface area contributed by atoms with E-state index in [1.165, 1.54) is 45.2 Å². The van der Waals surface area contributed by atoms with Crippen LogP contribution in [-0.4, -0.2) is 61.6 Å². The number of carbonyl (C=O) groups excluding carboxylic acids is 1. The van der Waals surface area contributed by atoms with Crippen LogP contribution in [0.2, 0.25) is 0 Å². The monoisotopic (exact) mass is 254 g/mol. The van der Waals surface area contributed by atoms with E-state index in [4.69, 9.17) is 4.74 Å². The van der Waals surface area contributed by atoms with Crippen molar-refractivity contribution in [1.29, 1.82) is 0 Å². The van der Waals surface area contributed by atoms with Gasteiger partial charge in [0.1, 0.15) is 6.61 Å². The van der Waals surface area contributed by atoms with E-state index in [0.29, 0.717) is 12.1 Å². The third-order valence-corrected chi connectivity index (χ3v) is 4.46. The molecule has 0 aromatic heterocycles. The minimum Gasteiger partial charge on any atom is -0.375 e. The molecule has 0 spiro atoms. The molecule has 2 aliphatic rings. The van der Waals surface area contributed by atoms with Crippen LogP contribution in [0.5, 0.6) is 0 Å². The van der Waals surface area contributed by atoms with Gasteiger partial charge in [0.25, 0.3) is 0 Å². The molecule has 104 valence electrons. The van der Waals surface area contributed by atoms with Crippen LogP contribution in [-0.2, 0) is 9.53 Å². The van der Waals surface area contributed by atoms with Crippen LogP contribution in [0.15, 0.2) is 0 Å². The third kappa shape index (κ3) is 3.04. The fourth-order valence-electron chi connectivity index (χ4n) is 3.45. The second-order valence-corrected chi connectivity index (χ2v) is 5.60. The maximum absolute atomic E-state index is 12.0. The molecule has 0 unspecified atom stereocenters. The van der Waals surface area contributed by atoms with Crippen molar-refractivity contribution in [2.75, 3.05) is 33.9 Å². The van der Waals surface area contributed by atoms with Crippen molar-refractivity contribution in [1.82, 2.24) is 9.80 Å². The Morgan fingerprint density at radius 3 is 2.56 bits per heavy atom. The number of hydrogen-bond acceptors (Lipinski definition) is 3. The van der Waals surface area contributed by atoms with E-state index >= 15 is 0 Å². The first-order chi connectivity index (χ1) is 8.74. The van der Waals surface area contributed by atoms with E-state index in [1.54, 1.807) is 7.11 Å². The molecule has 0 aromatic carbocycles. The van der Waals surface area contributed by atoms with Crippen LogP contribution >= 0.6 is 0 Å². The lowest BCUT2D eigenvalue weighted by Crippen LogP contribution is -2.53. The van der Waals surface area contributed by atoms with E-state index in [2.05, 4.69) is 4.90 Å². The standard InChI is InChI=1S/C14H26N2O2/c1-15(14(17)11-18-2)12-7-3-4-8-13(12)16-9-5-6-10-16/h12-13H,3-11H2,1-2H3/t12-,13-/m1/s1. The van der Waals surface area contributed by atoms with Gasteiger partial charge in [-0.25, -0.2) is 0 Å². The van der Waals surface area contributed by atoms with Crippen LogP contribution < -0.4 is 0 Å². The van der Waals surface area contributed by atoms with Crippen molar-refractivity contribution in [3.05, 3.63) is 0 Å². The fourth-order valence-corrected chi connectivity index (χ4v) is 3.45. The Morgan fingerprint density at radius 2 is 1.89 bits per heavy atom. The number of ether oxygens (including phenoxy) is 1. The molecular weight excluding hydrogens is 228 g/mol. The molecule has 0 aromatic rings. The summed E-state index contributed by atoms with van der Waals surface area (Å²) in [5.41, 5.74) is 0. The Bertz CT molecular complexity index is 277. The van der Waals surface area contributed by atoms with Gasteiger partial charge in [-0.1, -0.05) is 12.8 Å². The van der Waals surface area contributed by atoms with Gasteiger partial charge in [-0.2, -0.15) is 0 Å². The van der Waals surface area contributed by atoms with Gasteiger partial charge in [-0.3, -0.25) is 9.69 Å². The number of likely N-dealkylation sites (N-methyl/N-ethyl adjacent to an activating group) is 1. The minimum atomic E-state index is 0.119. The predicted molar refractivity (Wildman–Crippen MR) is 71.5 cm³/mol. The first kappa shape index (κ1) is 13.8. The number of nitrogens with zero attached hydrogens (tertiary/aromatic N) is 2. The molecule has 0 radical (unpaired) electrons. The fraction of sp³-hybridized carbons (Fsp3) is 0.929. The van der Waals surface area contributed by atoms with Crippen molar-refractivity contribution in [3.63, 3.8) is 0 Å². The van der Waals surface area contributed by atoms with Gasteiger partial charge in [0.15, 0.2) is 0 Å². The zero-order valence-corrected chi connectivity index (χ0v) is 11.7. The minimum absolute atomic E-state index is 0.119. The highest BCUT2D eigenvalue weighted by Gasteiger charge is 2.35. The number of rotatable bonds is 4. The lowest BCUT2D eigenvalue weighted by atomic mass is 9.88. The van der Waals surface area contributed by atoms with Gasteiger partial charge < -0.3 is 9.64 Å². The highest BCUT2D eigenvalue weighted by molar-refractivity contribution is 5.77. The lowest BCUT2D eigenvalue weighted by Gasteiger charge is -2.42. The van der Waals surface area contributed by atoms with Crippen LogP contribution in [0.1, 0.15) is 38.5 Å². The third-order valence-electron chi connectivity index (χ3n) is 4.46. The quantitative estimate of drug-likeness (QED) is 0.762. The summed E-state index contributed by atoms with van der Waals surface area (Å²) in [7, 11) is 3.53. The van der Waals surface area contributed by atoms with E-state index in [0.717, 1.165) is 6.42 Å². The molecule has 1 saturated heterocycles. The number of methoxy groups -OCH3 is 1. The van der Waals surface area contributed by atoms with E-state index in [9.17, 15) is 4.79 Å². The Balaban J connectivity index is 2.00. The molecule has 0 N–H and O–H groups in total. The SMILES string of the molecule is COCC(=O)N(C)[C@@H]1CCCC[C@H]1N1CCCC1. The molecule has 2 rings (SSSR count). The first-order valence-corrected chi connectivity index (χ1v) is 7.22. The number of carbonyl (C=O) groups is 1. The maximum atomic E-state index is 12.0. The second kappa shape index (κ2) is 6.53. The normalized spacial score (nSPS) is 29.4. The van der Waals surface area contributed by atoms with Crippen molar-refractivity contribution in [2.24, 2.45) is 0 Å². The van der Waals surface area contributed by atoms with E-state index < -0.39 is 0 Å². The van der Waals surface area contributed by atoms with Crippen LogP contribution in [0, 0.1) is 0 Å². The van der Waals surface area contributed by atoms with Crippen LogP contribution in [0.25, 0.3) is 0 Å². The summed E-state index contributed by atoms with van der Waals surface area (Å²) in [5, 5.41) is 0. The predicted octanol–water partition coefficient (Wildman–Crippen LogP) is 1.50. The highest BCUT2D eigenvalue weighted by atomic mass is 16.5. The largest absolute Gasteiger partial charge is 0.375 e. The van der Waals surface area contributed by atoms with Crippen molar-refractivity contribution < 1.29 is 9.53 Å². The zero-order valence-electron chi connectivity index (χ0n) is 11.7. The number of amides is 1. The van der Waals surface area contributed by atoms with Crippen molar-refractivity contribution in [2.45, 2.75) is 50.6 Å². The van der Waals surface area contributed by atoms with Gasteiger partial charge >= 0.3 is 0 Å². The summed E-state index contributed by atoms with van der Waals surface area (Å²) in [6.45, 7) is 2.64. The molecule has 1 amide bonds. The molecule has 4 heteroatoms. The summed E-state index contributed by atoms with van der Waals surface area (Å²) in [4.78, 5) is 16.5. The maximum Gasteiger partial charge on any atom is 0.248 e. The molecule has 1 heterocycles. The number of likely N-dealkylation sites (tertiary alicyclic amines) is 1. The molecule has 0 bridgehead atoms. The summed E-state index contributed by atoms with van der Waals surface area (Å²) in [6.07, 6.45) is 7.59. The first-order valence-electron chi connectivity index (χ1n) is 7.22. The van der Waals surface area contributed by atoms with E-state index in [-0.39, 0.29) is 12.5 Å². The Morgan fingerprint density at radius 1 is 1.22 bits per heavy atom. The Hall–Kier alpha value is -0.610. The highest BCUT2D eigenvalue weighted by Crippen LogP contribution is 2.29. The lowest BCUT2D eigenvalue weighted by molar-refractivity contribution is -0.138. The van der Waals surface area contributed by atoms with Gasteiger partial charge in [0.2, 0.25) is 5.91 Å². The number of hydrogen-bond donors (Lipinski definition) is 0.